The van der Waals surface area contributed by atoms with E-state index in [0.717, 1.165) is 22.8 Å². The Morgan fingerprint density at radius 3 is 2.45 bits per heavy atom. The minimum atomic E-state index is -3.95. The molecule has 0 spiro atoms. The highest BCUT2D eigenvalue weighted by Crippen LogP contribution is 2.23. The summed E-state index contributed by atoms with van der Waals surface area (Å²) in [6, 6.07) is 2.75. The molecule has 1 saturated heterocycles. The summed E-state index contributed by atoms with van der Waals surface area (Å²) in [6.45, 7) is 1.92. The normalized spacial score (nSPS) is 14.1. The van der Waals surface area contributed by atoms with Gasteiger partial charge in [-0.1, -0.05) is 11.6 Å². The third-order valence-corrected chi connectivity index (χ3v) is 6.49. The first-order chi connectivity index (χ1) is 13.0. The minimum absolute atomic E-state index is 0. The maximum Gasteiger partial charge on any atom is 0.335 e. The predicted molar refractivity (Wildman–Crippen MR) is 107 cm³/mol. The summed E-state index contributed by atoms with van der Waals surface area (Å²) in [5.74, 6) is -2.11. The van der Waals surface area contributed by atoms with Crippen LogP contribution in [0.4, 0.5) is 4.39 Å². The zero-order valence-corrected chi connectivity index (χ0v) is 17.6. The van der Waals surface area contributed by atoms with Crippen LogP contribution in [0.2, 0.25) is 5.02 Å². The Bertz CT molecular complexity index is 1210. The fourth-order valence-corrected chi connectivity index (χ4v) is 4.03. The molecule has 2 heterocycles. The van der Waals surface area contributed by atoms with Crippen LogP contribution >= 0.6 is 24.0 Å². The van der Waals surface area contributed by atoms with Gasteiger partial charge < -0.3 is 9.88 Å². The van der Waals surface area contributed by atoms with Gasteiger partial charge in [-0.2, -0.15) is 0 Å². The fourth-order valence-electron chi connectivity index (χ4n) is 2.59. The van der Waals surface area contributed by atoms with Gasteiger partial charge in [0, 0.05) is 31.9 Å². The van der Waals surface area contributed by atoms with Crippen LogP contribution in [-0.2, 0) is 17.1 Å². The molecule has 1 aromatic carbocycles. The maximum atomic E-state index is 14.5. The van der Waals surface area contributed by atoms with Crippen molar-refractivity contribution in [1.82, 2.24) is 19.2 Å². The van der Waals surface area contributed by atoms with Gasteiger partial charge in [-0.15, -0.1) is 12.4 Å². The van der Waals surface area contributed by atoms with Crippen molar-refractivity contribution in [1.29, 1.82) is 0 Å². The highest BCUT2D eigenvalue weighted by atomic mass is 35.5. The number of carbonyl (C=O) groups excluding carboxylic acids is 1. The Labute approximate surface area is 175 Å². The predicted octanol–water partition coefficient (Wildman–Crippen LogP) is 0.0903. The summed E-state index contributed by atoms with van der Waals surface area (Å²) in [7, 11) is -2.56. The molecular formula is C16H17Cl2FN4O5S. The van der Waals surface area contributed by atoms with Crippen molar-refractivity contribution in [2.75, 3.05) is 13.1 Å². The molecule has 9 nitrogen and oxygen atoms in total. The van der Waals surface area contributed by atoms with E-state index in [-0.39, 0.29) is 36.1 Å². The molecule has 2 N–H and O–H groups in total. The van der Waals surface area contributed by atoms with Crippen molar-refractivity contribution in [3.63, 3.8) is 0 Å². The summed E-state index contributed by atoms with van der Waals surface area (Å²) in [4.78, 5) is 37.1. The van der Waals surface area contributed by atoms with Crippen LogP contribution in [-0.4, -0.2) is 41.8 Å². The van der Waals surface area contributed by atoms with Gasteiger partial charge in [0.2, 0.25) is 10.0 Å². The van der Waals surface area contributed by atoms with E-state index in [0.29, 0.717) is 10.3 Å². The molecule has 3 rings (SSSR count). The first-order valence-electron chi connectivity index (χ1n) is 8.08. The van der Waals surface area contributed by atoms with Crippen LogP contribution in [0, 0.1) is 12.7 Å². The van der Waals surface area contributed by atoms with E-state index >= 15 is 0 Å². The number of hydrogen-bond donors (Lipinski definition) is 2. The number of aromatic nitrogens is 2. The number of hydrogen-bond acceptors (Lipinski definition) is 6. The summed E-state index contributed by atoms with van der Waals surface area (Å²) in [6.07, 6.45) is 0. The number of nitrogens with zero attached hydrogens (tertiary/aromatic N) is 2. The fraction of sp³-hybridized carbons (Fsp3) is 0.312. The van der Waals surface area contributed by atoms with Crippen molar-refractivity contribution >= 4 is 39.9 Å². The number of sulfonamides is 1. The van der Waals surface area contributed by atoms with Crippen molar-refractivity contribution in [2.45, 2.75) is 12.2 Å². The van der Waals surface area contributed by atoms with Crippen LogP contribution in [0.5, 0.6) is 0 Å². The van der Waals surface area contributed by atoms with Gasteiger partial charge in [-0.3, -0.25) is 9.59 Å². The lowest BCUT2D eigenvalue weighted by molar-refractivity contribution is 0.0981. The highest BCUT2D eigenvalue weighted by molar-refractivity contribution is 7.90. The molecular weight excluding hydrogens is 450 g/mol. The lowest BCUT2D eigenvalue weighted by Gasteiger charge is -2.26. The van der Waals surface area contributed by atoms with E-state index in [9.17, 15) is 27.2 Å². The van der Waals surface area contributed by atoms with Gasteiger partial charge in [0.15, 0.2) is 0 Å². The first-order valence-corrected chi connectivity index (χ1v) is 10.0. The van der Waals surface area contributed by atoms with E-state index < -0.39 is 43.9 Å². The molecule has 2 aromatic rings. The molecule has 0 bridgehead atoms. The second kappa shape index (κ2) is 8.27. The number of amides is 1. The standard InChI is InChI=1S/C16H16ClFN4O5S.ClH/c1-8-3-14(23)22(16(25)21(8)2)13-4-10(11(17)5-12(13)18)15(24)20-28(26,27)9-6-19-7-9;/h3-5,9,19H,6-7H2,1-2H3,(H,20,24);1H. The average Bonchev–Trinajstić information content (AvgIpc) is 2.51. The topological polar surface area (TPSA) is 119 Å². The van der Waals surface area contributed by atoms with Gasteiger partial charge >= 0.3 is 5.69 Å². The Hall–Kier alpha value is -2.21. The minimum Gasteiger partial charge on any atom is -0.314 e. The number of benzene rings is 1. The smallest absolute Gasteiger partial charge is 0.314 e. The molecule has 1 aromatic heterocycles. The monoisotopic (exact) mass is 466 g/mol. The van der Waals surface area contributed by atoms with Gasteiger partial charge in [-0.05, 0) is 19.1 Å². The average molecular weight is 467 g/mol. The van der Waals surface area contributed by atoms with Crippen molar-refractivity contribution in [3.8, 4) is 5.69 Å². The van der Waals surface area contributed by atoms with E-state index in [2.05, 4.69) is 5.32 Å². The third-order valence-electron chi connectivity index (χ3n) is 4.50. The number of nitrogens with one attached hydrogen (secondary N) is 2. The van der Waals surface area contributed by atoms with Crippen molar-refractivity contribution in [3.05, 3.63) is 61.1 Å². The molecule has 1 fully saturated rings. The second-order valence-corrected chi connectivity index (χ2v) is 8.71. The second-order valence-electron chi connectivity index (χ2n) is 6.34. The third kappa shape index (κ3) is 4.22. The van der Waals surface area contributed by atoms with Crippen molar-refractivity contribution < 1.29 is 17.6 Å². The highest BCUT2D eigenvalue weighted by Gasteiger charge is 2.33. The van der Waals surface area contributed by atoms with Gasteiger partial charge in [0.1, 0.15) is 11.1 Å². The SMILES string of the molecule is Cc1cc(=O)n(-c2cc(C(=O)NS(=O)(=O)C3CNC3)c(Cl)cc2F)c(=O)n1C.Cl. The van der Waals surface area contributed by atoms with Crippen molar-refractivity contribution in [2.24, 2.45) is 7.05 Å². The molecule has 158 valence electrons. The Balaban J connectivity index is 0.00000300. The number of carbonyl (C=O) groups is 1. The molecule has 1 aliphatic heterocycles. The van der Waals surface area contributed by atoms with E-state index in [1.165, 1.54) is 14.0 Å². The zero-order chi connectivity index (χ0) is 20.8. The largest absolute Gasteiger partial charge is 0.335 e. The summed E-state index contributed by atoms with van der Waals surface area (Å²) in [5, 5.41) is 1.63. The van der Waals surface area contributed by atoms with Crippen LogP contribution in [0.1, 0.15) is 16.1 Å². The Morgan fingerprint density at radius 2 is 1.90 bits per heavy atom. The van der Waals surface area contributed by atoms with Crippen LogP contribution in [0.15, 0.2) is 27.8 Å². The molecule has 13 heteroatoms. The number of aryl methyl sites for hydroxylation is 1. The van der Waals surface area contributed by atoms with Crippen LogP contribution < -0.4 is 21.3 Å². The van der Waals surface area contributed by atoms with Crippen LogP contribution in [0.3, 0.4) is 0 Å². The maximum absolute atomic E-state index is 14.5. The van der Waals surface area contributed by atoms with E-state index in [4.69, 9.17) is 11.6 Å². The molecule has 0 radical (unpaired) electrons. The summed E-state index contributed by atoms with van der Waals surface area (Å²) < 4.78 is 42.2. The molecule has 0 aliphatic carbocycles. The number of halogens is 3. The molecule has 0 unspecified atom stereocenters. The zero-order valence-electron chi connectivity index (χ0n) is 15.2. The van der Waals surface area contributed by atoms with E-state index in [1.807, 2.05) is 4.72 Å². The molecule has 29 heavy (non-hydrogen) atoms. The Kier molecular flexibility index (Phi) is 6.58. The lowest BCUT2D eigenvalue weighted by Crippen LogP contribution is -2.55. The van der Waals surface area contributed by atoms with Gasteiger partial charge in [-0.25, -0.2) is 26.9 Å². The lowest BCUT2D eigenvalue weighted by atomic mass is 10.1. The quantitative estimate of drug-likeness (QED) is 0.658. The van der Waals surface area contributed by atoms with Crippen LogP contribution in [0.25, 0.3) is 5.69 Å². The van der Waals surface area contributed by atoms with Gasteiger partial charge in [0.25, 0.3) is 11.5 Å². The summed E-state index contributed by atoms with van der Waals surface area (Å²) >= 11 is 5.90. The molecule has 1 aliphatic rings. The Morgan fingerprint density at radius 1 is 1.28 bits per heavy atom. The number of rotatable bonds is 4. The first kappa shape index (κ1) is 23.1. The molecule has 1 amide bonds. The molecule has 0 saturated carbocycles. The molecule has 0 atom stereocenters. The summed E-state index contributed by atoms with van der Waals surface area (Å²) in [5.41, 5.74) is -2.17. The van der Waals surface area contributed by atoms with E-state index in [1.54, 1.807) is 0 Å². The van der Waals surface area contributed by atoms with Gasteiger partial charge in [0.05, 0.1) is 16.3 Å².